The van der Waals surface area contributed by atoms with Crippen molar-refractivity contribution in [3.05, 3.63) is 112 Å². The summed E-state index contributed by atoms with van der Waals surface area (Å²) in [7, 11) is 1.90. The van der Waals surface area contributed by atoms with Gasteiger partial charge in [0.05, 0.1) is 0 Å². The Balaban J connectivity index is 2.12. The molecule has 3 heteroatoms. The molecule has 0 heterocycles. The van der Waals surface area contributed by atoms with E-state index < -0.39 is 11.6 Å². The molecule has 0 fully saturated rings. The normalized spacial score (nSPS) is 12.0. The van der Waals surface area contributed by atoms with Gasteiger partial charge in [-0.3, -0.25) is 0 Å². The Morgan fingerprint density at radius 2 is 1.56 bits per heavy atom. The van der Waals surface area contributed by atoms with Crippen molar-refractivity contribution in [2.24, 2.45) is 0 Å². The van der Waals surface area contributed by atoms with E-state index in [-0.39, 0.29) is 11.4 Å². The standard InChI is InChI=1S/C31H34BF2/c1-8-25-28(20(5)6)26(9-2)30(33)31(34)29(25)32-27(24-14-10-21(7)11-15-24)18-22-12-16-23(17-13-22)19(3)4/h9-17,19,27H,2,5,8,18H2,1,3-4,6-7H3. The second-order valence-corrected chi connectivity index (χ2v) is 9.43. The lowest BCUT2D eigenvalue weighted by Crippen LogP contribution is -2.32. The van der Waals surface area contributed by atoms with Crippen LogP contribution in [0.5, 0.6) is 0 Å². The van der Waals surface area contributed by atoms with Crippen molar-refractivity contribution < 1.29 is 8.78 Å². The molecule has 0 aliphatic carbocycles. The fraction of sp³-hybridized carbons (Fsp3) is 0.290. The lowest BCUT2D eigenvalue weighted by atomic mass is 9.53. The van der Waals surface area contributed by atoms with Crippen LogP contribution in [0.1, 0.15) is 78.4 Å². The van der Waals surface area contributed by atoms with Gasteiger partial charge in [0, 0.05) is 5.56 Å². The lowest BCUT2D eigenvalue weighted by Gasteiger charge is -2.23. The van der Waals surface area contributed by atoms with E-state index in [9.17, 15) is 0 Å². The summed E-state index contributed by atoms with van der Waals surface area (Å²) in [4.78, 5) is 0. The molecular formula is C31H34BF2. The molecule has 34 heavy (non-hydrogen) atoms. The van der Waals surface area contributed by atoms with Gasteiger partial charge >= 0.3 is 0 Å². The molecule has 3 rings (SSSR count). The van der Waals surface area contributed by atoms with Crippen molar-refractivity contribution in [3.8, 4) is 0 Å². The van der Waals surface area contributed by atoms with Crippen LogP contribution in [0.4, 0.5) is 8.78 Å². The summed E-state index contributed by atoms with van der Waals surface area (Å²) < 4.78 is 30.6. The predicted molar refractivity (Wildman–Crippen MR) is 144 cm³/mol. The van der Waals surface area contributed by atoms with Crippen LogP contribution in [0.15, 0.2) is 61.7 Å². The highest BCUT2D eigenvalue weighted by Gasteiger charge is 2.26. The summed E-state index contributed by atoms with van der Waals surface area (Å²) in [5.41, 5.74) is 7.33. The van der Waals surface area contributed by atoms with Gasteiger partial charge in [0.1, 0.15) is 0 Å². The van der Waals surface area contributed by atoms with Gasteiger partial charge in [-0.15, -0.1) is 0 Å². The molecule has 0 spiro atoms. The molecule has 0 saturated heterocycles. The van der Waals surface area contributed by atoms with Crippen LogP contribution < -0.4 is 5.46 Å². The first-order valence-corrected chi connectivity index (χ1v) is 12.0. The van der Waals surface area contributed by atoms with Gasteiger partial charge < -0.3 is 0 Å². The van der Waals surface area contributed by atoms with E-state index in [0.29, 0.717) is 35.4 Å². The fourth-order valence-electron chi connectivity index (χ4n) is 4.58. The van der Waals surface area contributed by atoms with Crippen LogP contribution in [0.25, 0.3) is 11.6 Å². The third-order valence-electron chi connectivity index (χ3n) is 6.52. The van der Waals surface area contributed by atoms with Crippen molar-refractivity contribution in [3.63, 3.8) is 0 Å². The minimum absolute atomic E-state index is 0.114. The molecule has 1 atom stereocenters. The second kappa shape index (κ2) is 11.0. The maximum atomic E-state index is 15.5. The molecule has 0 aliphatic rings. The van der Waals surface area contributed by atoms with Gasteiger partial charge in [-0.25, -0.2) is 8.78 Å². The third-order valence-corrected chi connectivity index (χ3v) is 6.52. The number of hydrogen-bond donors (Lipinski definition) is 0. The molecule has 0 saturated carbocycles. The zero-order chi connectivity index (χ0) is 25.0. The molecule has 0 nitrogen and oxygen atoms in total. The van der Waals surface area contributed by atoms with Crippen LogP contribution >= 0.6 is 0 Å². The van der Waals surface area contributed by atoms with Gasteiger partial charge in [-0.1, -0.05) is 105 Å². The van der Waals surface area contributed by atoms with E-state index in [1.807, 2.05) is 28.1 Å². The summed E-state index contributed by atoms with van der Waals surface area (Å²) >= 11 is 0. The van der Waals surface area contributed by atoms with E-state index >= 15 is 8.78 Å². The zero-order valence-electron chi connectivity index (χ0n) is 21.0. The second-order valence-electron chi connectivity index (χ2n) is 9.43. The summed E-state index contributed by atoms with van der Waals surface area (Å²) in [6, 6.07) is 16.9. The molecule has 1 unspecified atom stereocenters. The molecule has 3 aromatic carbocycles. The molecule has 0 bridgehead atoms. The number of aryl methyl sites for hydroxylation is 1. The van der Waals surface area contributed by atoms with Gasteiger partial charge in [0.2, 0.25) is 0 Å². The van der Waals surface area contributed by atoms with E-state index in [2.05, 4.69) is 75.5 Å². The predicted octanol–water partition coefficient (Wildman–Crippen LogP) is 7.95. The van der Waals surface area contributed by atoms with Gasteiger partial charge in [0.25, 0.3) is 0 Å². The average molecular weight is 455 g/mol. The quantitative estimate of drug-likeness (QED) is 0.287. The van der Waals surface area contributed by atoms with Crippen LogP contribution in [0, 0.1) is 18.6 Å². The third kappa shape index (κ3) is 5.41. The van der Waals surface area contributed by atoms with E-state index in [1.165, 1.54) is 11.6 Å². The summed E-state index contributed by atoms with van der Waals surface area (Å²) in [5, 5.41) is 0. The van der Waals surface area contributed by atoms with Crippen molar-refractivity contribution >= 4 is 24.4 Å². The SMILES string of the molecule is C=Cc1c(F)c(F)c([B]C(Cc2ccc(C(C)C)cc2)c2ccc(C)cc2)c(CC)c1C(=C)C. The lowest BCUT2D eigenvalue weighted by molar-refractivity contribution is 0.510. The Kier molecular flexibility index (Phi) is 8.30. The molecule has 1 radical (unpaired) electrons. The minimum Gasteiger partial charge on any atom is -0.204 e. The number of allylic oxidation sites excluding steroid dienone is 1. The van der Waals surface area contributed by atoms with Crippen molar-refractivity contribution in [1.29, 1.82) is 0 Å². The maximum Gasteiger partial charge on any atom is 0.166 e. The van der Waals surface area contributed by atoms with E-state index in [4.69, 9.17) is 0 Å². The minimum atomic E-state index is -0.861. The Morgan fingerprint density at radius 3 is 2.06 bits per heavy atom. The Labute approximate surface area is 204 Å². The molecule has 0 aromatic heterocycles. The van der Waals surface area contributed by atoms with E-state index in [0.717, 1.165) is 22.3 Å². The van der Waals surface area contributed by atoms with Crippen molar-refractivity contribution in [2.45, 2.75) is 59.2 Å². The van der Waals surface area contributed by atoms with Gasteiger partial charge in [0.15, 0.2) is 18.9 Å². The zero-order valence-corrected chi connectivity index (χ0v) is 21.0. The smallest absolute Gasteiger partial charge is 0.166 e. The van der Waals surface area contributed by atoms with E-state index in [1.54, 1.807) is 0 Å². The molecular weight excluding hydrogens is 421 g/mol. The van der Waals surface area contributed by atoms with Crippen LogP contribution in [0.3, 0.4) is 0 Å². The van der Waals surface area contributed by atoms with Crippen LogP contribution in [-0.2, 0) is 12.8 Å². The number of benzene rings is 3. The topological polar surface area (TPSA) is 0 Å². The van der Waals surface area contributed by atoms with Gasteiger partial charge in [-0.05, 0) is 66.1 Å². The molecule has 0 aliphatic heterocycles. The fourth-order valence-corrected chi connectivity index (χ4v) is 4.58. The first-order valence-electron chi connectivity index (χ1n) is 12.0. The Morgan fingerprint density at radius 1 is 0.971 bits per heavy atom. The van der Waals surface area contributed by atoms with Crippen LogP contribution in [-0.4, -0.2) is 7.28 Å². The molecule has 0 amide bonds. The highest BCUT2D eigenvalue weighted by Crippen LogP contribution is 2.29. The molecule has 0 N–H and O–H groups in total. The first-order chi connectivity index (χ1) is 16.2. The summed E-state index contributed by atoms with van der Waals surface area (Å²) in [6.07, 6.45) is 2.64. The van der Waals surface area contributed by atoms with Crippen molar-refractivity contribution in [2.75, 3.05) is 0 Å². The Bertz CT molecular complexity index is 1170. The summed E-state index contributed by atoms with van der Waals surface area (Å²) in [5.74, 6) is -1.33. The number of rotatable bonds is 9. The van der Waals surface area contributed by atoms with Gasteiger partial charge in [-0.2, -0.15) is 0 Å². The maximum absolute atomic E-state index is 15.5. The number of hydrogen-bond acceptors (Lipinski definition) is 0. The highest BCUT2D eigenvalue weighted by molar-refractivity contribution is 6.56. The molecule has 175 valence electrons. The average Bonchev–Trinajstić information content (AvgIpc) is 2.82. The van der Waals surface area contributed by atoms with Crippen LogP contribution in [0.2, 0.25) is 0 Å². The number of halogens is 2. The van der Waals surface area contributed by atoms with Crippen molar-refractivity contribution in [1.82, 2.24) is 0 Å². The monoisotopic (exact) mass is 455 g/mol. The highest BCUT2D eigenvalue weighted by atomic mass is 19.2. The Hall–Kier alpha value is -2.94. The largest absolute Gasteiger partial charge is 0.204 e. The summed E-state index contributed by atoms with van der Waals surface area (Å²) in [6.45, 7) is 17.9. The first kappa shape index (κ1) is 25.7. The molecule has 3 aromatic rings.